The molecule has 1 aliphatic carbocycles. The number of hydrogen-bond acceptors (Lipinski definition) is 4. The number of aromatic carboxylic acids is 1. The summed E-state index contributed by atoms with van der Waals surface area (Å²) in [5.41, 5.74) is 1.01. The van der Waals surface area contributed by atoms with Gasteiger partial charge in [0.25, 0.3) is 0 Å². The highest BCUT2D eigenvalue weighted by atomic mass is 16.5. The summed E-state index contributed by atoms with van der Waals surface area (Å²) in [6, 6.07) is 1.82. The maximum Gasteiger partial charge on any atom is 0.358 e. The first-order valence-corrected chi connectivity index (χ1v) is 6.68. The summed E-state index contributed by atoms with van der Waals surface area (Å²) in [6.45, 7) is 2.02. The lowest BCUT2D eigenvalue weighted by atomic mass is 10.00. The molecule has 2 heterocycles. The number of ether oxygens (including phenoxy) is 2. The quantitative estimate of drug-likeness (QED) is 0.880. The van der Waals surface area contributed by atoms with Crippen molar-refractivity contribution in [2.45, 2.75) is 25.2 Å². The summed E-state index contributed by atoms with van der Waals surface area (Å²) in [5, 5.41) is 9.14. The van der Waals surface area contributed by atoms with Gasteiger partial charge in [-0.15, -0.1) is 0 Å². The average Bonchev–Trinajstić information content (AvgIpc) is 3.07. The van der Waals surface area contributed by atoms with Gasteiger partial charge in [0, 0.05) is 18.7 Å². The lowest BCUT2D eigenvalue weighted by Gasteiger charge is -2.12. The van der Waals surface area contributed by atoms with Gasteiger partial charge >= 0.3 is 5.97 Å². The van der Waals surface area contributed by atoms with Crippen molar-refractivity contribution in [3.63, 3.8) is 0 Å². The van der Waals surface area contributed by atoms with E-state index in [0.29, 0.717) is 30.8 Å². The smallest absolute Gasteiger partial charge is 0.358 e. The monoisotopic (exact) mass is 263 g/mol. The Morgan fingerprint density at radius 3 is 2.95 bits per heavy atom. The van der Waals surface area contributed by atoms with Crippen molar-refractivity contribution in [2.75, 3.05) is 19.8 Å². The van der Waals surface area contributed by atoms with E-state index >= 15 is 0 Å². The van der Waals surface area contributed by atoms with Gasteiger partial charge in [0.1, 0.15) is 0 Å². The molecule has 1 atom stereocenters. The molecule has 19 heavy (non-hydrogen) atoms. The Morgan fingerprint density at radius 2 is 2.32 bits per heavy atom. The van der Waals surface area contributed by atoms with E-state index in [1.165, 1.54) is 12.8 Å². The highest BCUT2D eigenvalue weighted by Gasteiger charge is 2.25. The highest BCUT2D eigenvalue weighted by Crippen LogP contribution is 2.32. The van der Waals surface area contributed by atoms with Crippen LogP contribution < -0.4 is 4.74 Å². The van der Waals surface area contributed by atoms with Crippen LogP contribution in [0.5, 0.6) is 5.75 Å². The molecule has 1 unspecified atom stereocenters. The van der Waals surface area contributed by atoms with Gasteiger partial charge in [0.05, 0.1) is 13.2 Å². The van der Waals surface area contributed by atoms with E-state index in [1.807, 2.05) is 6.07 Å². The second-order valence-corrected chi connectivity index (χ2v) is 5.24. The van der Waals surface area contributed by atoms with E-state index in [2.05, 4.69) is 4.98 Å². The number of pyridine rings is 1. The van der Waals surface area contributed by atoms with E-state index in [9.17, 15) is 4.79 Å². The first-order chi connectivity index (χ1) is 9.24. The van der Waals surface area contributed by atoms with E-state index in [1.54, 1.807) is 6.20 Å². The summed E-state index contributed by atoms with van der Waals surface area (Å²) < 4.78 is 11.0. The van der Waals surface area contributed by atoms with Gasteiger partial charge in [-0.25, -0.2) is 9.78 Å². The van der Waals surface area contributed by atoms with Gasteiger partial charge in [-0.3, -0.25) is 0 Å². The summed E-state index contributed by atoms with van der Waals surface area (Å²) in [5.74, 6) is 0.238. The van der Waals surface area contributed by atoms with Crippen molar-refractivity contribution >= 4 is 5.97 Å². The molecule has 2 aliphatic rings. The molecule has 5 heteroatoms. The van der Waals surface area contributed by atoms with Gasteiger partial charge in [-0.1, -0.05) is 0 Å². The number of carboxylic acid groups (broad SMARTS) is 1. The molecular weight excluding hydrogens is 246 g/mol. The number of rotatable bonds is 5. The van der Waals surface area contributed by atoms with E-state index < -0.39 is 5.97 Å². The Kier molecular flexibility index (Phi) is 3.38. The fraction of sp³-hybridized carbons (Fsp3) is 0.571. The molecule has 0 radical (unpaired) electrons. The van der Waals surface area contributed by atoms with Crippen LogP contribution in [-0.4, -0.2) is 35.9 Å². The number of nitrogens with zero attached hydrogens (tertiary/aromatic N) is 1. The Hall–Kier alpha value is -1.62. The molecule has 1 aliphatic heterocycles. The fourth-order valence-corrected chi connectivity index (χ4v) is 2.24. The molecule has 102 valence electrons. The lowest BCUT2D eigenvalue weighted by Crippen LogP contribution is -2.09. The first-order valence-electron chi connectivity index (χ1n) is 6.68. The largest absolute Gasteiger partial charge is 0.491 e. The minimum absolute atomic E-state index is 0.00307. The van der Waals surface area contributed by atoms with E-state index in [-0.39, 0.29) is 5.69 Å². The van der Waals surface area contributed by atoms with Gasteiger partial charge < -0.3 is 14.6 Å². The van der Waals surface area contributed by atoms with Crippen LogP contribution in [-0.2, 0) is 4.74 Å². The number of carbonyl (C=O) groups is 1. The third-order valence-corrected chi connectivity index (χ3v) is 3.65. The molecule has 2 fully saturated rings. The molecule has 1 aromatic heterocycles. The van der Waals surface area contributed by atoms with Crippen molar-refractivity contribution in [3.05, 3.63) is 23.5 Å². The van der Waals surface area contributed by atoms with Crippen LogP contribution >= 0.6 is 0 Å². The minimum atomic E-state index is -1.04. The number of hydrogen-bond donors (Lipinski definition) is 1. The summed E-state index contributed by atoms with van der Waals surface area (Å²) in [6.07, 6.45) is 4.93. The topological polar surface area (TPSA) is 68.7 Å². The zero-order valence-electron chi connectivity index (χ0n) is 10.7. The molecular formula is C14H17NO4. The highest BCUT2D eigenvalue weighted by molar-refractivity contribution is 5.88. The molecule has 3 rings (SSSR count). The predicted molar refractivity (Wildman–Crippen MR) is 67.6 cm³/mol. The third kappa shape index (κ3) is 2.87. The van der Waals surface area contributed by atoms with Crippen LogP contribution in [0.3, 0.4) is 0 Å². The maximum atomic E-state index is 11.1. The van der Waals surface area contributed by atoms with Gasteiger partial charge in [-0.05, 0) is 36.8 Å². The first kappa shape index (κ1) is 12.4. The lowest BCUT2D eigenvalue weighted by molar-refractivity contribution is 0.0685. The zero-order chi connectivity index (χ0) is 13.2. The molecule has 1 saturated carbocycles. The molecule has 1 aromatic rings. The maximum absolute atomic E-state index is 11.1. The molecule has 0 spiro atoms. The van der Waals surface area contributed by atoms with Crippen LogP contribution in [0.15, 0.2) is 12.3 Å². The third-order valence-electron chi connectivity index (χ3n) is 3.65. The molecule has 5 nitrogen and oxygen atoms in total. The van der Waals surface area contributed by atoms with Crippen molar-refractivity contribution < 1.29 is 19.4 Å². The normalized spacial score (nSPS) is 22.4. The molecule has 1 N–H and O–H groups in total. The van der Waals surface area contributed by atoms with E-state index in [4.69, 9.17) is 14.6 Å². The van der Waals surface area contributed by atoms with Crippen LogP contribution in [0.25, 0.3) is 0 Å². The number of carboxylic acids is 1. The zero-order valence-corrected chi connectivity index (χ0v) is 10.7. The van der Waals surface area contributed by atoms with Gasteiger partial charge in [0.2, 0.25) is 0 Å². The predicted octanol–water partition coefficient (Wildman–Crippen LogP) is 2.07. The number of aromatic nitrogens is 1. The Morgan fingerprint density at radius 1 is 1.47 bits per heavy atom. The van der Waals surface area contributed by atoms with Crippen LogP contribution in [0, 0.1) is 5.92 Å². The molecule has 1 saturated heterocycles. The van der Waals surface area contributed by atoms with Crippen LogP contribution in [0.2, 0.25) is 0 Å². The van der Waals surface area contributed by atoms with E-state index in [0.717, 1.165) is 18.6 Å². The summed E-state index contributed by atoms with van der Waals surface area (Å²) in [4.78, 5) is 15.2. The minimum Gasteiger partial charge on any atom is -0.491 e. The Bertz CT molecular complexity index is 478. The van der Waals surface area contributed by atoms with Crippen molar-refractivity contribution in [3.8, 4) is 5.75 Å². The standard InChI is InChI=1S/C14H17NO4/c16-14(17)13-12(19-7-9-1-2-9)5-11(6-15-13)10-3-4-18-8-10/h5-6,9-10H,1-4,7-8H2,(H,16,17). The molecule has 0 bridgehead atoms. The Balaban J connectivity index is 1.82. The molecule has 0 aromatic carbocycles. The van der Waals surface area contributed by atoms with Gasteiger partial charge in [-0.2, -0.15) is 0 Å². The van der Waals surface area contributed by atoms with Crippen LogP contribution in [0.1, 0.15) is 41.2 Å². The van der Waals surface area contributed by atoms with Crippen LogP contribution in [0.4, 0.5) is 0 Å². The van der Waals surface area contributed by atoms with Gasteiger partial charge in [0.15, 0.2) is 11.4 Å². The van der Waals surface area contributed by atoms with Crippen molar-refractivity contribution in [2.24, 2.45) is 5.92 Å². The SMILES string of the molecule is O=C(O)c1ncc(C2CCOC2)cc1OCC1CC1. The summed E-state index contributed by atoms with van der Waals surface area (Å²) >= 11 is 0. The summed E-state index contributed by atoms with van der Waals surface area (Å²) in [7, 11) is 0. The Labute approximate surface area is 111 Å². The molecule has 0 amide bonds. The van der Waals surface area contributed by atoms with Crippen molar-refractivity contribution in [1.82, 2.24) is 4.98 Å². The second kappa shape index (κ2) is 5.17. The average molecular weight is 263 g/mol. The fourth-order valence-electron chi connectivity index (χ4n) is 2.24. The second-order valence-electron chi connectivity index (χ2n) is 5.24. The van der Waals surface area contributed by atoms with Crippen molar-refractivity contribution in [1.29, 1.82) is 0 Å².